The molecule has 0 spiro atoms. The topological polar surface area (TPSA) is 66.6 Å². The molecule has 0 aliphatic carbocycles. The van der Waals surface area contributed by atoms with Crippen molar-refractivity contribution in [3.63, 3.8) is 0 Å². The van der Waals surface area contributed by atoms with Crippen molar-refractivity contribution in [1.29, 1.82) is 0 Å². The van der Waals surface area contributed by atoms with Crippen LogP contribution in [0.1, 0.15) is 19.8 Å². The minimum Gasteiger partial charge on any atom is -0.395 e. The number of rotatable bonds is 7. The van der Waals surface area contributed by atoms with E-state index in [2.05, 4.69) is 15.9 Å². The van der Waals surface area contributed by atoms with E-state index in [1.54, 1.807) is 4.90 Å². The summed E-state index contributed by atoms with van der Waals surface area (Å²) in [6, 6.07) is 2.29. The molecule has 0 radical (unpaired) electrons. The number of unbranched alkanes of at least 4 members (excludes halogenated alkanes) is 1. The van der Waals surface area contributed by atoms with Gasteiger partial charge in [0.15, 0.2) is 0 Å². The Labute approximate surface area is 119 Å². The first kappa shape index (κ1) is 15.8. The predicted octanol–water partition coefficient (Wildman–Crippen LogP) is 3.10. The third-order valence-corrected chi connectivity index (χ3v) is 3.31. The number of anilines is 1. The van der Waals surface area contributed by atoms with E-state index in [0.717, 1.165) is 18.9 Å². The fourth-order valence-electron chi connectivity index (χ4n) is 1.75. The second-order valence-corrected chi connectivity index (χ2v) is 4.93. The lowest BCUT2D eigenvalue weighted by Crippen LogP contribution is -2.28. The number of nitrogens with zero attached hydrogens (tertiary/aromatic N) is 2. The molecule has 0 amide bonds. The molecule has 0 saturated carbocycles. The van der Waals surface area contributed by atoms with Gasteiger partial charge < -0.3 is 10.0 Å². The number of benzene rings is 1. The van der Waals surface area contributed by atoms with Crippen LogP contribution in [0.15, 0.2) is 16.6 Å². The van der Waals surface area contributed by atoms with Crippen LogP contribution in [0.25, 0.3) is 0 Å². The van der Waals surface area contributed by atoms with Gasteiger partial charge in [-0.3, -0.25) is 10.1 Å². The van der Waals surface area contributed by atoms with E-state index in [1.807, 2.05) is 6.92 Å². The maximum Gasteiger partial charge on any atom is 0.295 e. The van der Waals surface area contributed by atoms with Crippen LogP contribution in [-0.2, 0) is 0 Å². The number of aliphatic hydroxyl groups excluding tert-OH is 1. The summed E-state index contributed by atoms with van der Waals surface area (Å²) in [4.78, 5) is 12.1. The molecule has 1 aromatic rings. The zero-order chi connectivity index (χ0) is 14.4. The van der Waals surface area contributed by atoms with Gasteiger partial charge in [-0.25, -0.2) is 4.39 Å². The summed E-state index contributed by atoms with van der Waals surface area (Å²) < 4.78 is 13.6. The highest BCUT2D eigenvalue weighted by Gasteiger charge is 2.22. The molecule has 1 aromatic carbocycles. The molecule has 5 nitrogen and oxygen atoms in total. The lowest BCUT2D eigenvalue weighted by Gasteiger charge is -2.23. The van der Waals surface area contributed by atoms with Gasteiger partial charge in [-0.2, -0.15) is 0 Å². The number of nitro groups is 1. The molecule has 1 rings (SSSR count). The zero-order valence-electron chi connectivity index (χ0n) is 10.6. The summed E-state index contributed by atoms with van der Waals surface area (Å²) in [5.41, 5.74) is 0.0334. The van der Waals surface area contributed by atoms with Gasteiger partial charge in [0.05, 0.1) is 22.1 Å². The average Bonchev–Trinajstić information content (AvgIpc) is 2.37. The Bertz CT molecular complexity index is 457. The van der Waals surface area contributed by atoms with E-state index >= 15 is 0 Å². The summed E-state index contributed by atoms with van der Waals surface area (Å²) in [5, 5.41) is 20.1. The van der Waals surface area contributed by atoms with Crippen LogP contribution in [0.5, 0.6) is 0 Å². The van der Waals surface area contributed by atoms with E-state index in [9.17, 15) is 14.5 Å². The molecular formula is C12H16BrFN2O3. The minimum absolute atomic E-state index is 0.115. The lowest BCUT2D eigenvalue weighted by atomic mass is 10.2. The van der Waals surface area contributed by atoms with Crippen molar-refractivity contribution < 1.29 is 14.4 Å². The Morgan fingerprint density at radius 3 is 2.68 bits per heavy atom. The predicted molar refractivity (Wildman–Crippen MR) is 75.0 cm³/mol. The quantitative estimate of drug-likeness (QED) is 0.614. The van der Waals surface area contributed by atoms with E-state index in [4.69, 9.17) is 5.11 Å². The van der Waals surface area contributed by atoms with Gasteiger partial charge in [-0.15, -0.1) is 0 Å². The SMILES string of the molecule is CCCCN(CCO)c1cc(Br)c(F)cc1[N+](=O)[O-]. The second kappa shape index (κ2) is 7.40. The first-order valence-corrected chi connectivity index (χ1v) is 6.79. The Morgan fingerprint density at radius 2 is 2.16 bits per heavy atom. The molecule has 0 heterocycles. The van der Waals surface area contributed by atoms with Crippen molar-refractivity contribution in [2.24, 2.45) is 0 Å². The summed E-state index contributed by atoms with van der Waals surface area (Å²) in [7, 11) is 0. The zero-order valence-corrected chi connectivity index (χ0v) is 12.2. The Hall–Kier alpha value is -1.21. The number of halogens is 2. The Balaban J connectivity index is 3.19. The molecule has 0 aromatic heterocycles. The van der Waals surface area contributed by atoms with E-state index in [1.165, 1.54) is 6.07 Å². The van der Waals surface area contributed by atoms with Gasteiger partial charge in [0.1, 0.15) is 11.5 Å². The summed E-state index contributed by atoms with van der Waals surface area (Å²) in [6.45, 7) is 2.75. The number of hydrogen-bond acceptors (Lipinski definition) is 4. The third kappa shape index (κ3) is 4.14. The van der Waals surface area contributed by atoms with Crippen LogP contribution < -0.4 is 4.90 Å². The van der Waals surface area contributed by atoms with Crippen molar-refractivity contribution in [2.45, 2.75) is 19.8 Å². The maximum absolute atomic E-state index is 13.4. The average molecular weight is 335 g/mol. The van der Waals surface area contributed by atoms with Crippen molar-refractivity contribution in [3.05, 3.63) is 32.5 Å². The highest BCUT2D eigenvalue weighted by Crippen LogP contribution is 2.33. The van der Waals surface area contributed by atoms with Crippen molar-refractivity contribution in [2.75, 3.05) is 24.6 Å². The highest BCUT2D eigenvalue weighted by atomic mass is 79.9. The van der Waals surface area contributed by atoms with Gasteiger partial charge in [0.2, 0.25) is 0 Å². The molecule has 0 fully saturated rings. The molecule has 19 heavy (non-hydrogen) atoms. The van der Waals surface area contributed by atoms with Crippen LogP contribution >= 0.6 is 15.9 Å². The van der Waals surface area contributed by atoms with Gasteiger partial charge in [0.25, 0.3) is 5.69 Å². The minimum atomic E-state index is -0.671. The van der Waals surface area contributed by atoms with E-state index < -0.39 is 10.7 Å². The molecule has 106 valence electrons. The van der Waals surface area contributed by atoms with Crippen LogP contribution in [-0.4, -0.2) is 29.7 Å². The highest BCUT2D eigenvalue weighted by molar-refractivity contribution is 9.10. The van der Waals surface area contributed by atoms with Gasteiger partial charge >= 0.3 is 0 Å². The molecule has 0 saturated heterocycles. The first-order valence-electron chi connectivity index (χ1n) is 6.00. The van der Waals surface area contributed by atoms with Crippen molar-refractivity contribution in [1.82, 2.24) is 0 Å². The molecule has 7 heteroatoms. The Kier molecular flexibility index (Phi) is 6.17. The normalized spacial score (nSPS) is 10.5. The largest absolute Gasteiger partial charge is 0.395 e. The van der Waals surface area contributed by atoms with Crippen LogP contribution in [0.4, 0.5) is 15.8 Å². The smallest absolute Gasteiger partial charge is 0.295 e. The monoisotopic (exact) mass is 334 g/mol. The standard InChI is InChI=1S/C12H16BrFN2O3/c1-2-3-4-15(5-6-17)11-7-9(13)10(14)8-12(11)16(18)19/h7-8,17H,2-6H2,1H3. The first-order chi connectivity index (χ1) is 9.01. The van der Waals surface area contributed by atoms with Crippen LogP contribution in [0.2, 0.25) is 0 Å². The molecule has 0 bridgehead atoms. The number of aliphatic hydroxyl groups is 1. The summed E-state index contributed by atoms with van der Waals surface area (Å²) in [6.07, 6.45) is 1.77. The van der Waals surface area contributed by atoms with Gasteiger partial charge in [0, 0.05) is 13.1 Å². The molecule has 0 aliphatic heterocycles. The Morgan fingerprint density at radius 1 is 1.47 bits per heavy atom. The summed E-state index contributed by atoms with van der Waals surface area (Å²) >= 11 is 3.03. The fraction of sp³-hybridized carbons (Fsp3) is 0.500. The third-order valence-electron chi connectivity index (χ3n) is 2.71. The van der Waals surface area contributed by atoms with Gasteiger partial charge in [-0.05, 0) is 28.4 Å². The van der Waals surface area contributed by atoms with Crippen molar-refractivity contribution >= 4 is 27.3 Å². The molecule has 0 atom stereocenters. The maximum atomic E-state index is 13.4. The van der Waals surface area contributed by atoms with E-state index in [0.29, 0.717) is 12.2 Å². The summed E-state index contributed by atoms with van der Waals surface area (Å²) in [5.74, 6) is -0.671. The second-order valence-electron chi connectivity index (χ2n) is 4.08. The number of hydrogen-bond donors (Lipinski definition) is 1. The number of nitro benzene ring substituents is 1. The molecule has 0 aliphatic rings. The van der Waals surface area contributed by atoms with Crippen LogP contribution in [0.3, 0.4) is 0 Å². The molecule has 0 unspecified atom stereocenters. The van der Waals surface area contributed by atoms with Gasteiger partial charge in [-0.1, -0.05) is 13.3 Å². The lowest BCUT2D eigenvalue weighted by molar-refractivity contribution is -0.384. The van der Waals surface area contributed by atoms with Crippen LogP contribution in [0, 0.1) is 15.9 Å². The van der Waals surface area contributed by atoms with E-state index in [-0.39, 0.29) is 23.3 Å². The fourth-order valence-corrected chi connectivity index (χ4v) is 2.08. The molecule has 1 N–H and O–H groups in total. The van der Waals surface area contributed by atoms with Crippen molar-refractivity contribution in [3.8, 4) is 0 Å². The molecular weight excluding hydrogens is 319 g/mol.